The van der Waals surface area contributed by atoms with Crippen molar-refractivity contribution in [3.8, 4) is 0 Å². The van der Waals surface area contributed by atoms with Crippen molar-refractivity contribution < 1.29 is 18.1 Å². The summed E-state index contributed by atoms with van der Waals surface area (Å²) in [6.45, 7) is 2.14. The van der Waals surface area contributed by atoms with Gasteiger partial charge in [0.15, 0.2) is 0 Å². The summed E-state index contributed by atoms with van der Waals surface area (Å²) in [6, 6.07) is 0. The first kappa shape index (κ1) is 16.9. The number of aliphatic hydroxyl groups excluding tert-OH is 1. The maximum atomic E-state index is 10.4. The molecule has 0 aliphatic heterocycles. The van der Waals surface area contributed by atoms with E-state index in [4.69, 9.17) is 4.55 Å². The smallest absolute Gasteiger partial charge is 0.264 e. The van der Waals surface area contributed by atoms with Crippen molar-refractivity contribution in [2.45, 2.75) is 70.8 Å². The molecule has 5 heteroatoms. The number of unbranched alkanes of at least 4 members (excludes halogenated alkanes) is 5. The van der Waals surface area contributed by atoms with Gasteiger partial charge >= 0.3 is 0 Å². The van der Waals surface area contributed by atoms with Crippen LogP contribution in [0.25, 0.3) is 0 Å². The minimum atomic E-state index is -3.79. The van der Waals surface area contributed by atoms with E-state index >= 15 is 0 Å². The lowest BCUT2D eigenvalue weighted by Gasteiger charge is -2.09. The third-order valence-electron chi connectivity index (χ3n) is 2.83. The highest BCUT2D eigenvalue weighted by molar-refractivity contribution is 7.85. The van der Waals surface area contributed by atoms with E-state index in [9.17, 15) is 13.5 Å². The summed E-state index contributed by atoms with van der Waals surface area (Å²) in [4.78, 5) is 0. The van der Waals surface area contributed by atoms with Crippen LogP contribution in [-0.4, -0.2) is 29.9 Å². The Hall–Kier alpha value is -0.130. The summed E-state index contributed by atoms with van der Waals surface area (Å²) in [5.41, 5.74) is 0. The molecule has 0 aromatic rings. The lowest BCUT2D eigenvalue weighted by Crippen LogP contribution is -2.06. The van der Waals surface area contributed by atoms with Crippen molar-refractivity contribution in [3.05, 3.63) is 0 Å². The molecule has 0 amide bonds. The van der Waals surface area contributed by atoms with Gasteiger partial charge in [0, 0.05) is 0 Å². The third kappa shape index (κ3) is 13.8. The van der Waals surface area contributed by atoms with Crippen LogP contribution in [0.2, 0.25) is 0 Å². The van der Waals surface area contributed by atoms with E-state index < -0.39 is 10.1 Å². The van der Waals surface area contributed by atoms with E-state index in [-0.39, 0.29) is 11.9 Å². The average molecular weight is 266 g/mol. The van der Waals surface area contributed by atoms with E-state index in [1.807, 2.05) is 0 Å². The molecule has 4 nitrogen and oxygen atoms in total. The quantitative estimate of drug-likeness (QED) is 0.445. The number of hydrogen-bond acceptors (Lipinski definition) is 3. The first-order valence-electron chi connectivity index (χ1n) is 6.59. The van der Waals surface area contributed by atoms with Crippen molar-refractivity contribution in [2.75, 3.05) is 5.75 Å². The highest BCUT2D eigenvalue weighted by Gasteiger charge is 2.05. The van der Waals surface area contributed by atoms with E-state index in [2.05, 4.69) is 6.92 Å². The molecule has 0 aromatic carbocycles. The Morgan fingerprint density at radius 2 is 1.47 bits per heavy atom. The second kappa shape index (κ2) is 9.85. The van der Waals surface area contributed by atoms with Gasteiger partial charge < -0.3 is 5.11 Å². The van der Waals surface area contributed by atoms with Crippen LogP contribution in [0, 0.1) is 0 Å². The minimum Gasteiger partial charge on any atom is -0.393 e. The van der Waals surface area contributed by atoms with Crippen LogP contribution in [-0.2, 0) is 10.1 Å². The van der Waals surface area contributed by atoms with Gasteiger partial charge in [0.25, 0.3) is 10.1 Å². The Kier molecular flexibility index (Phi) is 9.78. The Labute approximate surface area is 105 Å². The SMILES string of the molecule is CCCCCC(O)CCCCCCS(=O)(=O)O. The van der Waals surface area contributed by atoms with Crippen LogP contribution in [0.15, 0.2) is 0 Å². The fourth-order valence-electron chi connectivity index (χ4n) is 1.79. The standard InChI is InChI=1S/C12H26O4S/c1-2-3-6-9-12(13)10-7-4-5-8-11-17(14,15)16/h12-13H,2-11H2,1H3,(H,14,15,16). The van der Waals surface area contributed by atoms with Crippen molar-refractivity contribution in [1.29, 1.82) is 0 Å². The molecule has 1 unspecified atom stereocenters. The van der Waals surface area contributed by atoms with E-state index in [0.29, 0.717) is 6.42 Å². The summed E-state index contributed by atoms with van der Waals surface area (Å²) in [6.07, 6.45) is 8.04. The molecule has 0 aliphatic rings. The fraction of sp³-hybridized carbons (Fsp3) is 1.00. The molecule has 0 bridgehead atoms. The zero-order valence-corrected chi connectivity index (χ0v) is 11.6. The van der Waals surface area contributed by atoms with Gasteiger partial charge in [0.1, 0.15) is 0 Å². The van der Waals surface area contributed by atoms with Crippen molar-refractivity contribution >= 4 is 10.1 Å². The molecule has 0 fully saturated rings. The average Bonchev–Trinajstić information content (AvgIpc) is 2.22. The summed E-state index contributed by atoms with van der Waals surface area (Å²) in [5.74, 6) is -0.147. The van der Waals surface area contributed by atoms with Crippen LogP contribution in [0.1, 0.15) is 64.7 Å². The van der Waals surface area contributed by atoms with Gasteiger partial charge in [-0.2, -0.15) is 8.42 Å². The lowest BCUT2D eigenvalue weighted by atomic mass is 10.0. The molecule has 1 atom stereocenters. The Balaban J connectivity index is 3.27. The maximum absolute atomic E-state index is 10.4. The molecule has 0 radical (unpaired) electrons. The van der Waals surface area contributed by atoms with Crippen LogP contribution in [0.4, 0.5) is 0 Å². The molecule has 17 heavy (non-hydrogen) atoms. The molecule has 0 aromatic heterocycles. The van der Waals surface area contributed by atoms with Gasteiger partial charge in [-0.05, 0) is 19.3 Å². The van der Waals surface area contributed by atoms with Crippen LogP contribution in [0.5, 0.6) is 0 Å². The highest BCUT2D eigenvalue weighted by atomic mass is 32.2. The van der Waals surface area contributed by atoms with Crippen LogP contribution < -0.4 is 0 Å². The second-order valence-corrected chi connectivity index (χ2v) is 6.21. The molecule has 0 saturated carbocycles. The number of rotatable bonds is 11. The predicted octanol–water partition coefficient (Wildman–Crippen LogP) is 2.77. The van der Waals surface area contributed by atoms with Crippen molar-refractivity contribution in [3.63, 3.8) is 0 Å². The zero-order valence-electron chi connectivity index (χ0n) is 10.8. The fourth-order valence-corrected chi connectivity index (χ4v) is 2.36. The largest absolute Gasteiger partial charge is 0.393 e. The van der Waals surface area contributed by atoms with Gasteiger partial charge in [0.2, 0.25) is 0 Å². The Morgan fingerprint density at radius 1 is 0.941 bits per heavy atom. The first-order chi connectivity index (χ1) is 7.95. The molecule has 0 spiro atoms. The molecule has 0 saturated heterocycles. The summed E-state index contributed by atoms with van der Waals surface area (Å²) in [5, 5.41) is 9.63. The molecule has 0 rings (SSSR count). The van der Waals surface area contributed by atoms with Gasteiger partial charge in [0.05, 0.1) is 11.9 Å². The lowest BCUT2D eigenvalue weighted by molar-refractivity contribution is 0.147. The predicted molar refractivity (Wildman–Crippen MR) is 69.6 cm³/mol. The van der Waals surface area contributed by atoms with Gasteiger partial charge in [-0.25, -0.2) is 0 Å². The molecular weight excluding hydrogens is 240 g/mol. The third-order valence-corrected chi connectivity index (χ3v) is 3.64. The highest BCUT2D eigenvalue weighted by Crippen LogP contribution is 2.11. The summed E-state index contributed by atoms with van der Waals surface area (Å²) >= 11 is 0. The van der Waals surface area contributed by atoms with Gasteiger partial charge in [-0.3, -0.25) is 4.55 Å². The molecule has 2 N–H and O–H groups in total. The van der Waals surface area contributed by atoms with E-state index in [1.54, 1.807) is 0 Å². The number of aliphatic hydroxyl groups is 1. The zero-order chi connectivity index (χ0) is 13.1. The summed E-state index contributed by atoms with van der Waals surface area (Å²) in [7, 11) is -3.79. The van der Waals surface area contributed by atoms with Gasteiger partial charge in [-0.15, -0.1) is 0 Å². The Bertz CT molecular complexity index is 262. The van der Waals surface area contributed by atoms with E-state index in [1.165, 1.54) is 12.8 Å². The van der Waals surface area contributed by atoms with Crippen molar-refractivity contribution in [1.82, 2.24) is 0 Å². The topological polar surface area (TPSA) is 74.6 Å². The minimum absolute atomic E-state index is 0.147. The van der Waals surface area contributed by atoms with Crippen LogP contribution >= 0.6 is 0 Å². The van der Waals surface area contributed by atoms with Gasteiger partial charge in [-0.1, -0.05) is 45.4 Å². The molecule has 0 heterocycles. The Morgan fingerprint density at radius 3 is 2.00 bits per heavy atom. The normalized spacial score (nSPS) is 13.8. The molecule has 104 valence electrons. The molecule has 0 aliphatic carbocycles. The molecular formula is C12H26O4S. The monoisotopic (exact) mass is 266 g/mol. The second-order valence-electron chi connectivity index (χ2n) is 4.64. The van der Waals surface area contributed by atoms with Crippen molar-refractivity contribution in [2.24, 2.45) is 0 Å². The maximum Gasteiger partial charge on any atom is 0.264 e. The number of hydrogen-bond donors (Lipinski definition) is 2. The van der Waals surface area contributed by atoms with Crippen LogP contribution in [0.3, 0.4) is 0 Å². The first-order valence-corrected chi connectivity index (χ1v) is 8.20. The summed E-state index contributed by atoms with van der Waals surface area (Å²) < 4.78 is 29.4. The van der Waals surface area contributed by atoms with E-state index in [0.717, 1.165) is 38.5 Å².